The number of para-hydroxylation sites is 1. The molecule has 3 rings (SSSR count). The summed E-state index contributed by atoms with van der Waals surface area (Å²) in [4.78, 5) is 20.1. The van der Waals surface area contributed by atoms with E-state index in [1.54, 1.807) is 11.1 Å². The molecule has 2 aromatic rings. The Morgan fingerprint density at radius 2 is 2.00 bits per heavy atom. The van der Waals surface area contributed by atoms with E-state index in [-0.39, 0.29) is 12.1 Å². The molecule has 1 atom stereocenters. The highest BCUT2D eigenvalue weighted by Crippen LogP contribution is 2.25. The molecule has 0 spiro atoms. The van der Waals surface area contributed by atoms with Gasteiger partial charge in [0.1, 0.15) is 0 Å². The number of pyridine rings is 1. The minimum Gasteiger partial charge on any atom is -0.325 e. The Hall–Kier alpha value is -2.36. The van der Waals surface area contributed by atoms with Gasteiger partial charge in [0, 0.05) is 31.7 Å². The zero-order valence-corrected chi connectivity index (χ0v) is 11.4. The molecule has 1 aliphatic heterocycles. The maximum Gasteiger partial charge on any atom is 0.324 e. The second-order valence-corrected chi connectivity index (χ2v) is 5.09. The number of nitrogens with zero attached hydrogens (tertiary/aromatic N) is 3. The van der Waals surface area contributed by atoms with E-state index in [4.69, 9.17) is 0 Å². The monoisotopic (exact) mass is 267 g/mol. The van der Waals surface area contributed by atoms with Crippen LogP contribution in [0.3, 0.4) is 0 Å². The fourth-order valence-corrected chi connectivity index (χ4v) is 2.67. The largest absolute Gasteiger partial charge is 0.325 e. The SMILES string of the molecule is CN1C[C@@H](Cc2cccnc2)N(c2ccccc2)C1=O. The number of rotatable bonds is 3. The predicted molar refractivity (Wildman–Crippen MR) is 78.7 cm³/mol. The molecule has 2 heterocycles. The number of aromatic nitrogens is 1. The van der Waals surface area contributed by atoms with Crippen molar-refractivity contribution in [1.82, 2.24) is 9.88 Å². The average molecular weight is 267 g/mol. The molecular formula is C16H17N3O. The van der Waals surface area contributed by atoms with Gasteiger partial charge in [0.05, 0.1) is 6.04 Å². The highest BCUT2D eigenvalue weighted by Gasteiger charge is 2.35. The van der Waals surface area contributed by atoms with Crippen molar-refractivity contribution in [2.75, 3.05) is 18.5 Å². The first kappa shape index (κ1) is 12.7. The Morgan fingerprint density at radius 1 is 1.20 bits per heavy atom. The predicted octanol–water partition coefficient (Wildman–Crippen LogP) is 2.56. The Morgan fingerprint density at radius 3 is 2.70 bits per heavy atom. The second kappa shape index (κ2) is 5.33. The van der Waals surface area contributed by atoms with Gasteiger partial charge in [-0.05, 0) is 30.2 Å². The molecule has 4 nitrogen and oxygen atoms in total. The minimum atomic E-state index is 0.0603. The molecule has 0 bridgehead atoms. The number of likely N-dealkylation sites (N-methyl/N-ethyl adjacent to an activating group) is 1. The zero-order chi connectivity index (χ0) is 13.9. The quantitative estimate of drug-likeness (QED) is 0.857. The van der Waals surface area contributed by atoms with Crippen LogP contribution in [-0.4, -0.2) is 35.5 Å². The van der Waals surface area contributed by atoms with Crippen LogP contribution in [-0.2, 0) is 6.42 Å². The molecule has 1 aliphatic rings. The number of carbonyl (C=O) groups excluding carboxylic acids is 1. The Balaban J connectivity index is 1.87. The van der Waals surface area contributed by atoms with E-state index in [9.17, 15) is 4.79 Å². The van der Waals surface area contributed by atoms with Crippen LogP contribution in [0.4, 0.5) is 10.5 Å². The number of urea groups is 1. The Labute approximate surface area is 118 Å². The first-order valence-corrected chi connectivity index (χ1v) is 6.74. The van der Waals surface area contributed by atoms with E-state index < -0.39 is 0 Å². The molecule has 1 fully saturated rings. The maximum absolute atomic E-state index is 12.3. The first-order chi connectivity index (χ1) is 9.75. The van der Waals surface area contributed by atoms with Crippen molar-refractivity contribution in [2.45, 2.75) is 12.5 Å². The third kappa shape index (κ3) is 2.37. The van der Waals surface area contributed by atoms with Crippen molar-refractivity contribution in [2.24, 2.45) is 0 Å². The van der Waals surface area contributed by atoms with Crippen molar-refractivity contribution in [3.63, 3.8) is 0 Å². The molecule has 1 saturated heterocycles. The summed E-state index contributed by atoms with van der Waals surface area (Å²) in [6.07, 6.45) is 4.45. The van der Waals surface area contributed by atoms with Crippen molar-refractivity contribution < 1.29 is 4.79 Å². The van der Waals surface area contributed by atoms with Crippen LogP contribution >= 0.6 is 0 Å². The van der Waals surface area contributed by atoms with Crippen molar-refractivity contribution in [3.05, 3.63) is 60.4 Å². The fraction of sp³-hybridized carbons (Fsp3) is 0.250. The summed E-state index contributed by atoms with van der Waals surface area (Å²) in [6, 6.07) is 14.0. The third-order valence-electron chi connectivity index (χ3n) is 3.61. The summed E-state index contributed by atoms with van der Waals surface area (Å²) in [5.41, 5.74) is 2.11. The molecule has 0 saturated carbocycles. The van der Waals surface area contributed by atoms with Gasteiger partial charge in [-0.15, -0.1) is 0 Å². The lowest BCUT2D eigenvalue weighted by molar-refractivity contribution is 0.229. The molecule has 0 radical (unpaired) electrons. The van der Waals surface area contributed by atoms with Crippen molar-refractivity contribution in [1.29, 1.82) is 0 Å². The van der Waals surface area contributed by atoms with E-state index in [0.29, 0.717) is 0 Å². The van der Waals surface area contributed by atoms with E-state index in [1.165, 1.54) is 0 Å². The lowest BCUT2D eigenvalue weighted by Crippen LogP contribution is -2.35. The highest BCUT2D eigenvalue weighted by atomic mass is 16.2. The van der Waals surface area contributed by atoms with Gasteiger partial charge in [-0.25, -0.2) is 4.79 Å². The van der Waals surface area contributed by atoms with Gasteiger partial charge >= 0.3 is 6.03 Å². The van der Waals surface area contributed by atoms with Gasteiger partial charge in [0.25, 0.3) is 0 Å². The van der Waals surface area contributed by atoms with Crippen LogP contribution in [0, 0.1) is 0 Å². The van der Waals surface area contributed by atoms with Gasteiger partial charge in [-0.1, -0.05) is 24.3 Å². The van der Waals surface area contributed by atoms with Crippen molar-refractivity contribution >= 4 is 11.7 Å². The molecule has 4 heteroatoms. The van der Waals surface area contributed by atoms with Gasteiger partial charge < -0.3 is 4.90 Å². The van der Waals surface area contributed by atoms with Gasteiger partial charge in [-0.2, -0.15) is 0 Å². The summed E-state index contributed by atoms with van der Waals surface area (Å²) in [5, 5.41) is 0. The molecule has 1 aromatic heterocycles. The summed E-state index contributed by atoms with van der Waals surface area (Å²) in [6.45, 7) is 0.739. The third-order valence-corrected chi connectivity index (χ3v) is 3.61. The lowest BCUT2D eigenvalue weighted by atomic mass is 10.1. The lowest BCUT2D eigenvalue weighted by Gasteiger charge is -2.23. The van der Waals surface area contributed by atoms with Crippen molar-refractivity contribution in [3.8, 4) is 0 Å². The van der Waals surface area contributed by atoms with Crippen LogP contribution < -0.4 is 4.90 Å². The molecular weight excluding hydrogens is 250 g/mol. The molecule has 0 unspecified atom stereocenters. The second-order valence-electron chi connectivity index (χ2n) is 5.09. The summed E-state index contributed by atoms with van der Waals surface area (Å²) in [7, 11) is 1.85. The number of anilines is 1. The first-order valence-electron chi connectivity index (χ1n) is 6.74. The molecule has 0 N–H and O–H groups in total. The zero-order valence-electron chi connectivity index (χ0n) is 11.4. The van der Waals surface area contributed by atoms with Crippen LogP contribution in [0.5, 0.6) is 0 Å². The van der Waals surface area contributed by atoms with E-state index >= 15 is 0 Å². The topological polar surface area (TPSA) is 36.4 Å². The number of hydrogen-bond acceptors (Lipinski definition) is 2. The van der Waals surface area contributed by atoms with E-state index in [1.807, 2.05) is 54.5 Å². The summed E-state index contributed by atoms with van der Waals surface area (Å²) >= 11 is 0. The van der Waals surface area contributed by atoms with Crippen LogP contribution in [0.1, 0.15) is 5.56 Å². The van der Waals surface area contributed by atoms with Gasteiger partial charge in [-0.3, -0.25) is 9.88 Å². The maximum atomic E-state index is 12.3. The normalized spacial score (nSPS) is 18.6. The number of carbonyl (C=O) groups is 1. The summed E-state index contributed by atoms with van der Waals surface area (Å²) in [5.74, 6) is 0. The average Bonchev–Trinajstić information content (AvgIpc) is 2.76. The molecule has 1 aromatic carbocycles. The Kier molecular flexibility index (Phi) is 3.37. The van der Waals surface area contributed by atoms with Crippen LogP contribution in [0.2, 0.25) is 0 Å². The molecule has 2 amide bonds. The molecule has 20 heavy (non-hydrogen) atoms. The minimum absolute atomic E-state index is 0.0603. The molecule has 102 valence electrons. The standard InChI is InChI=1S/C16H17N3O/c1-18-12-15(10-13-6-5-9-17-11-13)19(16(18)20)14-7-3-2-4-8-14/h2-9,11,15H,10,12H2,1H3/t15-/m1/s1. The van der Waals surface area contributed by atoms with E-state index in [2.05, 4.69) is 11.1 Å². The number of benzene rings is 1. The smallest absolute Gasteiger partial charge is 0.324 e. The number of hydrogen-bond donors (Lipinski definition) is 0. The van der Waals surface area contributed by atoms with Gasteiger partial charge in [0.2, 0.25) is 0 Å². The number of amides is 2. The van der Waals surface area contributed by atoms with Gasteiger partial charge in [0.15, 0.2) is 0 Å². The Bertz CT molecular complexity index is 585. The van der Waals surface area contributed by atoms with Crippen LogP contribution in [0.25, 0.3) is 0 Å². The van der Waals surface area contributed by atoms with E-state index in [0.717, 1.165) is 24.2 Å². The van der Waals surface area contributed by atoms with Crippen LogP contribution in [0.15, 0.2) is 54.9 Å². The highest BCUT2D eigenvalue weighted by molar-refractivity contribution is 5.94. The fourth-order valence-electron chi connectivity index (χ4n) is 2.67. The summed E-state index contributed by atoms with van der Waals surface area (Å²) < 4.78 is 0. The molecule has 0 aliphatic carbocycles.